The van der Waals surface area contributed by atoms with E-state index in [2.05, 4.69) is 31.3 Å². The van der Waals surface area contributed by atoms with Crippen molar-refractivity contribution >= 4 is 27.9 Å². The summed E-state index contributed by atoms with van der Waals surface area (Å²) in [5.41, 5.74) is 0. The first-order valence-corrected chi connectivity index (χ1v) is 7.34. The number of nitrogens with zero attached hydrogens (tertiary/aromatic N) is 3. The van der Waals surface area contributed by atoms with E-state index in [0.29, 0.717) is 0 Å². The van der Waals surface area contributed by atoms with Crippen molar-refractivity contribution in [3.05, 3.63) is 22.8 Å². The Hall–Kier alpha value is 1.58. The molecule has 6 heteroatoms. The summed E-state index contributed by atoms with van der Waals surface area (Å²) in [6, 6.07) is 0. The van der Waals surface area contributed by atoms with Gasteiger partial charge in [0.1, 0.15) is 0 Å². The fourth-order valence-electron chi connectivity index (χ4n) is 1.35. The first kappa shape index (κ1) is 27.8. The zero-order valence-electron chi connectivity index (χ0n) is 12.6. The van der Waals surface area contributed by atoms with Gasteiger partial charge in [0, 0.05) is 4.83 Å². The Kier molecular flexibility index (Phi) is 36.6. The average Bonchev–Trinajstić information content (AvgIpc) is 2.63. The molecular formula is C12H28BrHfN3S. The van der Waals surface area contributed by atoms with Crippen molar-refractivity contribution < 1.29 is 25.8 Å². The first-order chi connectivity index (χ1) is 7.67. The zero-order valence-corrected chi connectivity index (χ0v) is 18.6. The van der Waals surface area contributed by atoms with Crippen LogP contribution in [0.2, 0.25) is 0 Å². The molecule has 0 saturated heterocycles. The SMILES string of the molecule is C[N-]C.C[N-]C.C[N-]SC[C@@H]1CCCC1Br.[CH3-].[Hf+4]. The Bertz CT molecular complexity index is 132. The predicted octanol–water partition coefficient (Wildman–Crippen LogP) is 4.89. The van der Waals surface area contributed by atoms with Crippen LogP contribution in [0.3, 0.4) is 0 Å². The molecule has 1 rings (SSSR count). The molecule has 0 aromatic carbocycles. The van der Waals surface area contributed by atoms with Crippen molar-refractivity contribution in [3.63, 3.8) is 0 Å². The second-order valence-corrected chi connectivity index (χ2v) is 5.71. The van der Waals surface area contributed by atoms with Crippen molar-refractivity contribution in [2.75, 3.05) is 41.0 Å². The molecule has 1 aliphatic carbocycles. The van der Waals surface area contributed by atoms with Gasteiger partial charge in [0.15, 0.2) is 0 Å². The molecule has 3 nitrogen and oxygen atoms in total. The molecule has 108 valence electrons. The molecule has 0 bridgehead atoms. The summed E-state index contributed by atoms with van der Waals surface area (Å²) in [5.74, 6) is 2.07. The first-order valence-electron chi connectivity index (χ1n) is 5.48. The van der Waals surface area contributed by atoms with E-state index in [4.69, 9.17) is 0 Å². The summed E-state index contributed by atoms with van der Waals surface area (Å²) in [7, 11) is 8.86. The Balaban J connectivity index is -0.000000106. The van der Waals surface area contributed by atoms with Gasteiger partial charge in [0.25, 0.3) is 0 Å². The molecule has 18 heavy (non-hydrogen) atoms. The van der Waals surface area contributed by atoms with Crippen molar-refractivity contribution in [2.24, 2.45) is 5.92 Å². The second kappa shape index (κ2) is 23.7. The smallest absolute Gasteiger partial charge is 0.668 e. The molecule has 0 heterocycles. The minimum atomic E-state index is 0. The van der Waals surface area contributed by atoms with Crippen LogP contribution in [0.25, 0.3) is 15.4 Å². The van der Waals surface area contributed by atoms with Gasteiger partial charge in [-0.1, -0.05) is 22.4 Å². The monoisotopic (exact) mass is 505 g/mol. The molecule has 0 N–H and O–H groups in total. The maximum absolute atomic E-state index is 4.03. The molecule has 0 radical (unpaired) electrons. The minimum Gasteiger partial charge on any atom is -0.668 e. The second-order valence-electron chi connectivity index (χ2n) is 3.58. The van der Waals surface area contributed by atoms with E-state index in [1.807, 2.05) is 7.05 Å². The maximum atomic E-state index is 4.03. The van der Waals surface area contributed by atoms with Gasteiger partial charge >= 0.3 is 25.8 Å². The maximum Gasteiger partial charge on any atom is 4.00 e. The van der Waals surface area contributed by atoms with Crippen molar-refractivity contribution in [1.29, 1.82) is 0 Å². The van der Waals surface area contributed by atoms with E-state index >= 15 is 0 Å². The van der Waals surface area contributed by atoms with Crippen molar-refractivity contribution in [2.45, 2.75) is 24.1 Å². The van der Waals surface area contributed by atoms with Crippen LogP contribution in [-0.4, -0.2) is 45.8 Å². The Labute approximate surface area is 146 Å². The van der Waals surface area contributed by atoms with E-state index in [0.717, 1.165) is 10.7 Å². The number of rotatable bonds is 3. The Morgan fingerprint density at radius 1 is 1.06 bits per heavy atom. The number of hydrogen-bond donors (Lipinski definition) is 0. The molecule has 0 amide bonds. The van der Waals surface area contributed by atoms with E-state index in [1.54, 1.807) is 40.1 Å². The standard InChI is InChI=1S/C7H13BrNS.2C2H6N.CH3.Hf/c1-9-10-5-6-3-2-4-7(6)8;2*1-3-2;;/h6-7H,2-5H2,1H3;2*1-2H3;1H3;/q4*-1;+4/t6-,7?;;;;/m0..../s1. The molecule has 0 aromatic heterocycles. The summed E-state index contributed by atoms with van der Waals surface area (Å²) in [6.07, 6.45) is 4.14. The van der Waals surface area contributed by atoms with Crippen molar-refractivity contribution in [3.8, 4) is 0 Å². The summed E-state index contributed by atoms with van der Waals surface area (Å²) in [6.45, 7) is 0. The van der Waals surface area contributed by atoms with Gasteiger partial charge in [-0.05, 0) is 24.5 Å². The molecule has 1 fully saturated rings. The van der Waals surface area contributed by atoms with Gasteiger partial charge < -0.3 is 22.8 Å². The molecule has 1 aliphatic rings. The molecular weight excluding hydrogens is 477 g/mol. The summed E-state index contributed by atoms with van der Waals surface area (Å²) < 4.78 is 4.03. The number of alkyl halides is 1. The molecule has 0 aliphatic heterocycles. The molecule has 1 unspecified atom stereocenters. The third-order valence-corrected chi connectivity index (χ3v) is 4.02. The van der Waals surface area contributed by atoms with Crippen LogP contribution >= 0.6 is 27.9 Å². The van der Waals surface area contributed by atoms with Crippen LogP contribution in [0.15, 0.2) is 0 Å². The predicted molar refractivity (Wildman–Crippen MR) is 88.6 cm³/mol. The van der Waals surface area contributed by atoms with E-state index in [9.17, 15) is 0 Å². The summed E-state index contributed by atoms with van der Waals surface area (Å²) in [5, 5.41) is 7.00. The minimum absolute atomic E-state index is 0. The number of hydrogen-bond acceptors (Lipinski definition) is 1. The van der Waals surface area contributed by atoms with Crippen LogP contribution in [0.5, 0.6) is 0 Å². The van der Waals surface area contributed by atoms with E-state index in [1.165, 1.54) is 25.0 Å². The topological polar surface area (TPSA) is 42.3 Å². The van der Waals surface area contributed by atoms with Crippen LogP contribution in [0.4, 0.5) is 0 Å². The largest absolute Gasteiger partial charge is 4.00 e. The van der Waals surface area contributed by atoms with Gasteiger partial charge in [-0.3, -0.25) is 11.9 Å². The third kappa shape index (κ3) is 19.9. The van der Waals surface area contributed by atoms with Gasteiger partial charge in [-0.25, -0.2) is 0 Å². The Morgan fingerprint density at radius 2 is 1.50 bits per heavy atom. The molecule has 0 spiro atoms. The van der Waals surface area contributed by atoms with Crippen LogP contribution in [-0.2, 0) is 25.8 Å². The van der Waals surface area contributed by atoms with E-state index < -0.39 is 0 Å². The summed E-state index contributed by atoms with van der Waals surface area (Å²) in [4.78, 5) is 0.766. The quantitative estimate of drug-likeness (QED) is 0.234. The Morgan fingerprint density at radius 3 is 1.78 bits per heavy atom. The average molecular weight is 505 g/mol. The van der Waals surface area contributed by atoms with Crippen LogP contribution < -0.4 is 0 Å². The van der Waals surface area contributed by atoms with Gasteiger partial charge in [0.2, 0.25) is 0 Å². The normalized spacial score (nSPS) is 20.3. The number of halogens is 1. The zero-order chi connectivity index (χ0) is 12.8. The van der Waals surface area contributed by atoms with Crippen LogP contribution in [0.1, 0.15) is 19.3 Å². The van der Waals surface area contributed by atoms with Gasteiger partial charge in [0.05, 0.1) is 0 Å². The molecule has 0 aromatic rings. The molecule has 1 saturated carbocycles. The fraction of sp³-hybridized carbons (Fsp3) is 0.917. The van der Waals surface area contributed by atoms with E-state index in [-0.39, 0.29) is 33.3 Å². The summed E-state index contributed by atoms with van der Waals surface area (Å²) >= 11 is 5.38. The van der Waals surface area contributed by atoms with Gasteiger partial charge in [-0.15, -0.1) is 0 Å². The fourth-order valence-corrected chi connectivity index (χ4v) is 3.11. The third-order valence-electron chi connectivity index (χ3n) is 1.98. The van der Waals surface area contributed by atoms with Crippen LogP contribution in [0, 0.1) is 13.3 Å². The van der Waals surface area contributed by atoms with Crippen molar-refractivity contribution in [1.82, 2.24) is 0 Å². The molecule has 2 atom stereocenters. The van der Waals surface area contributed by atoms with Gasteiger partial charge in [-0.2, -0.15) is 35.2 Å².